The average Bonchev–Trinajstić information content (AvgIpc) is 2.57. The molecule has 2 N–H and O–H groups in total. The topological polar surface area (TPSA) is 46.1 Å². The molecule has 2 saturated heterocycles. The summed E-state index contributed by atoms with van der Waals surface area (Å²) in [7, 11) is 4.41. The van der Waals surface area contributed by atoms with E-state index in [-0.39, 0.29) is 24.0 Å². The van der Waals surface area contributed by atoms with Crippen LogP contribution >= 0.6 is 24.0 Å². The molecule has 1 atom stereocenters. The molecule has 0 spiro atoms. The highest BCUT2D eigenvalue weighted by Crippen LogP contribution is 2.12. The van der Waals surface area contributed by atoms with Crippen molar-refractivity contribution in [1.29, 1.82) is 0 Å². The minimum atomic E-state index is 0. The summed E-state index contributed by atoms with van der Waals surface area (Å²) >= 11 is 0. The number of hydrogen-bond acceptors (Lipinski definition) is 4. The molecule has 152 valence electrons. The first-order chi connectivity index (χ1) is 12.0. The monoisotopic (exact) mass is 478 g/mol. The average molecular weight is 478 g/mol. The van der Waals surface area contributed by atoms with Gasteiger partial charge in [0.05, 0.1) is 6.54 Å². The zero-order valence-electron chi connectivity index (χ0n) is 17.1. The van der Waals surface area contributed by atoms with Gasteiger partial charge in [0.2, 0.25) is 0 Å². The first kappa shape index (κ1) is 23.7. The molecule has 7 heteroatoms. The second-order valence-corrected chi connectivity index (χ2v) is 7.77. The maximum absolute atomic E-state index is 4.88. The third kappa shape index (κ3) is 8.10. The Morgan fingerprint density at radius 1 is 1.15 bits per heavy atom. The van der Waals surface area contributed by atoms with Crippen molar-refractivity contribution in [2.24, 2.45) is 4.99 Å². The van der Waals surface area contributed by atoms with Crippen LogP contribution in [0.15, 0.2) is 17.1 Å². The fraction of sp³-hybridized carbons (Fsp3) is 0.842. The van der Waals surface area contributed by atoms with E-state index in [4.69, 9.17) is 4.99 Å². The highest BCUT2D eigenvalue weighted by atomic mass is 127. The van der Waals surface area contributed by atoms with Crippen LogP contribution < -0.4 is 10.6 Å². The van der Waals surface area contributed by atoms with E-state index in [9.17, 15) is 0 Å². The summed E-state index contributed by atoms with van der Waals surface area (Å²) in [5.74, 6) is 0.975. The van der Waals surface area contributed by atoms with Gasteiger partial charge in [-0.3, -0.25) is 14.8 Å². The van der Waals surface area contributed by atoms with Crippen molar-refractivity contribution >= 4 is 29.9 Å². The molecule has 0 aromatic carbocycles. The zero-order chi connectivity index (χ0) is 18.2. The van der Waals surface area contributed by atoms with Crippen molar-refractivity contribution in [2.75, 3.05) is 66.5 Å². The van der Waals surface area contributed by atoms with Crippen LogP contribution in [-0.2, 0) is 0 Å². The molecule has 2 aliphatic heterocycles. The van der Waals surface area contributed by atoms with Crippen molar-refractivity contribution in [1.82, 2.24) is 25.3 Å². The number of hydrogen-bond donors (Lipinski definition) is 2. The van der Waals surface area contributed by atoms with Gasteiger partial charge in [-0.05, 0) is 40.8 Å². The summed E-state index contributed by atoms with van der Waals surface area (Å²) in [6.07, 6.45) is 2.34. The fourth-order valence-electron chi connectivity index (χ4n) is 3.63. The quantitative estimate of drug-likeness (QED) is 0.262. The van der Waals surface area contributed by atoms with E-state index in [2.05, 4.69) is 59.9 Å². The van der Waals surface area contributed by atoms with E-state index >= 15 is 0 Å². The fourth-order valence-corrected chi connectivity index (χ4v) is 3.63. The van der Waals surface area contributed by atoms with Gasteiger partial charge in [-0.2, -0.15) is 0 Å². The van der Waals surface area contributed by atoms with Crippen LogP contribution in [0.5, 0.6) is 0 Å². The molecule has 0 bridgehead atoms. The molecule has 0 aliphatic carbocycles. The number of piperazine rings is 1. The molecule has 2 aliphatic rings. The van der Waals surface area contributed by atoms with Crippen LogP contribution in [0.1, 0.15) is 26.7 Å². The van der Waals surface area contributed by atoms with E-state index in [1.165, 1.54) is 18.4 Å². The van der Waals surface area contributed by atoms with Crippen LogP contribution in [0, 0.1) is 0 Å². The molecular formula is C19H39IN6. The minimum absolute atomic E-state index is 0. The van der Waals surface area contributed by atoms with E-state index in [0.29, 0.717) is 12.1 Å². The Balaban J connectivity index is 0.00000338. The number of aliphatic imine (C=N–C) groups is 1. The molecule has 2 rings (SSSR count). The molecule has 1 unspecified atom stereocenters. The Morgan fingerprint density at radius 2 is 1.85 bits per heavy atom. The zero-order valence-corrected chi connectivity index (χ0v) is 19.5. The Morgan fingerprint density at radius 3 is 2.46 bits per heavy atom. The number of halogens is 1. The van der Waals surface area contributed by atoms with Crippen molar-refractivity contribution in [3.8, 4) is 0 Å². The number of nitrogens with one attached hydrogen (secondary N) is 2. The number of likely N-dealkylation sites (N-methyl/N-ethyl adjacent to an activating group) is 2. The standard InChI is InChI=1S/C19H38N6.HI/c1-6-20-19(21-13-18-15-23(4)11-12-24(18)5)22-17-7-9-25(10-8-17)14-16(2)3;/h17-18H,2,6-15H2,1,3-5H3,(H2,20,21,22);1H. The maximum atomic E-state index is 4.88. The van der Waals surface area contributed by atoms with Crippen LogP contribution in [-0.4, -0.2) is 99.2 Å². The molecule has 2 heterocycles. The van der Waals surface area contributed by atoms with E-state index < -0.39 is 0 Å². The Bertz CT molecular complexity index is 447. The molecular weight excluding hydrogens is 439 g/mol. The maximum Gasteiger partial charge on any atom is 0.191 e. The molecule has 0 aromatic rings. The van der Waals surface area contributed by atoms with Gasteiger partial charge in [0, 0.05) is 57.9 Å². The molecule has 6 nitrogen and oxygen atoms in total. The van der Waals surface area contributed by atoms with E-state index in [1.54, 1.807) is 0 Å². The molecule has 26 heavy (non-hydrogen) atoms. The largest absolute Gasteiger partial charge is 0.357 e. The minimum Gasteiger partial charge on any atom is -0.357 e. The Kier molecular flexibility index (Phi) is 11.1. The second-order valence-electron chi connectivity index (χ2n) is 7.77. The predicted molar refractivity (Wildman–Crippen MR) is 123 cm³/mol. The van der Waals surface area contributed by atoms with Crippen molar-refractivity contribution in [3.05, 3.63) is 12.2 Å². The first-order valence-electron chi connectivity index (χ1n) is 9.78. The van der Waals surface area contributed by atoms with Crippen LogP contribution in [0.3, 0.4) is 0 Å². The van der Waals surface area contributed by atoms with Crippen LogP contribution in [0.25, 0.3) is 0 Å². The van der Waals surface area contributed by atoms with Gasteiger partial charge in [0.25, 0.3) is 0 Å². The summed E-state index contributed by atoms with van der Waals surface area (Å²) in [5, 5.41) is 7.07. The van der Waals surface area contributed by atoms with Gasteiger partial charge >= 0.3 is 0 Å². The lowest BCUT2D eigenvalue weighted by molar-refractivity contribution is 0.119. The highest BCUT2D eigenvalue weighted by Gasteiger charge is 2.23. The predicted octanol–water partition coefficient (Wildman–Crippen LogP) is 1.45. The normalized spacial score (nSPS) is 24.2. The van der Waals surface area contributed by atoms with Gasteiger partial charge < -0.3 is 15.5 Å². The molecule has 0 radical (unpaired) electrons. The van der Waals surface area contributed by atoms with E-state index in [1.807, 2.05) is 0 Å². The summed E-state index contributed by atoms with van der Waals surface area (Å²) in [6, 6.07) is 1.03. The van der Waals surface area contributed by atoms with Gasteiger partial charge in [-0.1, -0.05) is 12.2 Å². The van der Waals surface area contributed by atoms with Crippen molar-refractivity contribution in [2.45, 2.75) is 38.8 Å². The lowest BCUT2D eigenvalue weighted by Crippen LogP contribution is -2.52. The third-order valence-electron chi connectivity index (χ3n) is 5.21. The molecule has 0 amide bonds. The molecule has 2 fully saturated rings. The second kappa shape index (κ2) is 12.2. The van der Waals surface area contributed by atoms with Crippen molar-refractivity contribution in [3.63, 3.8) is 0 Å². The smallest absolute Gasteiger partial charge is 0.191 e. The number of guanidine groups is 1. The third-order valence-corrected chi connectivity index (χ3v) is 5.21. The number of likely N-dealkylation sites (tertiary alicyclic amines) is 1. The first-order valence-corrected chi connectivity index (χ1v) is 9.78. The van der Waals surface area contributed by atoms with E-state index in [0.717, 1.165) is 58.3 Å². The number of rotatable bonds is 6. The summed E-state index contributed by atoms with van der Waals surface area (Å²) in [5.41, 5.74) is 1.25. The van der Waals surface area contributed by atoms with Crippen LogP contribution in [0.2, 0.25) is 0 Å². The summed E-state index contributed by atoms with van der Waals surface area (Å²) < 4.78 is 0. The van der Waals surface area contributed by atoms with Gasteiger partial charge in [0.1, 0.15) is 0 Å². The lowest BCUT2D eigenvalue weighted by atomic mass is 10.0. The summed E-state index contributed by atoms with van der Waals surface area (Å²) in [4.78, 5) is 12.2. The Hall–Kier alpha value is -0.380. The van der Waals surface area contributed by atoms with Crippen molar-refractivity contribution < 1.29 is 0 Å². The SMILES string of the molecule is C=C(C)CN1CCC(NC(=NCC2CN(C)CCN2C)NCC)CC1.I. The van der Waals surface area contributed by atoms with Gasteiger partial charge in [-0.15, -0.1) is 24.0 Å². The van der Waals surface area contributed by atoms with Gasteiger partial charge in [0.15, 0.2) is 5.96 Å². The van der Waals surface area contributed by atoms with Gasteiger partial charge in [-0.25, -0.2) is 0 Å². The number of nitrogens with zero attached hydrogens (tertiary/aromatic N) is 4. The summed E-state index contributed by atoms with van der Waals surface area (Å²) in [6.45, 7) is 16.7. The highest BCUT2D eigenvalue weighted by molar-refractivity contribution is 14.0. The van der Waals surface area contributed by atoms with Crippen LogP contribution in [0.4, 0.5) is 0 Å². The molecule has 0 saturated carbocycles. The Labute approximate surface area is 177 Å². The lowest BCUT2D eigenvalue weighted by Gasteiger charge is -2.37. The number of piperidine rings is 1. The molecule has 0 aromatic heterocycles.